The summed E-state index contributed by atoms with van der Waals surface area (Å²) in [7, 11) is 2.12. The Balaban J connectivity index is 1.55. The van der Waals surface area contributed by atoms with E-state index in [4.69, 9.17) is 0 Å². The fourth-order valence-corrected chi connectivity index (χ4v) is 5.74. The SMILES string of the molecule is CNC12CC3CC(C1)CC(NC(=O)C1CCC1)(C3)C2. The Hall–Kier alpha value is -0.570. The van der Waals surface area contributed by atoms with E-state index in [9.17, 15) is 4.79 Å². The van der Waals surface area contributed by atoms with Gasteiger partial charge in [-0.15, -0.1) is 0 Å². The van der Waals surface area contributed by atoms with Gasteiger partial charge in [-0.05, 0) is 70.3 Å². The van der Waals surface area contributed by atoms with E-state index < -0.39 is 0 Å². The van der Waals surface area contributed by atoms with Crippen molar-refractivity contribution in [2.24, 2.45) is 17.8 Å². The third-order valence-corrected chi connectivity index (χ3v) is 6.46. The molecule has 0 aromatic heterocycles. The largest absolute Gasteiger partial charge is 0.350 e. The number of carbonyl (C=O) groups excluding carboxylic acids is 1. The number of hydrogen-bond acceptors (Lipinski definition) is 2. The highest BCUT2D eigenvalue weighted by Crippen LogP contribution is 2.57. The summed E-state index contributed by atoms with van der Waals surface area (Å²) in [5.74, 6) is 2.38. The van der Waals surface area contributed by atoms with E-state index in [0.29, 0.717) is 17.4 Å². The van der Waals surface area contributed by atoms with Gasteiger partial charge in [0.05, 0.1) is 0 Å². The summed E-state index contributed by atoms with van der Waals surface area (Å²) >= 11 is 0. The Kier molecular flexibility index (Phi) is 2.55. The van der Waals surface area contributed by atoms with E-state index in [2.05, 4.69) is 17.7 Å². The lowest BCUT2D eigenvalue weighted by Crippen LogP contribution is -2.69. The fourth-order valence-electron chi connectivity index (χ4n) is 5.74. The highest BCUT2D eigenvalue weighted by atomic mass is 16.2. The predicted octanol–water partition coefficient (Wildman–Crippen LogP) is 2.21. The van der Waals surface area contributed by atoms with Crippen LogP contribution >= 0.6 is 0 Å². The van der Waals surface area contributed by atoms with Gasteiger partial charge < -0.3 is 10.6 Å². The molecule has 4 bridgehead atoms. The van der Waals surface area contributed by atoms with Crippen molar-refractivity contribution in [3.05, 3.63) is 0 Å². The van der Waals surface area contributed by atoms with Crippen LogP contribution in [0.4, 0.5) is 0 Å². The van der Waals surface area contributed by atoms with E-state index in [1.165, 1.54) is 44.9 Å². The Morgan fingerprint density at radius 2 is 1.68 bits per heavy atom. The second-order valence-corrected chi connectivity index (χ2v) is 7.89. The van der Waals surface area contributed by atoms with E-state index in [-0.39, 0.29) is 5.54 Å². The van der Waals surface area contributed by atoms with E-state index in [1.807, 2.05) is 0 Å². The molecule has 0 heterocycles. The minimum atomic E-state index is 0.139. The standard InChI is InChI=1S/C16H26N2O/c1-17-15-6-11-5-12(7-15)9-16(8-11,10-15)18-14(19)13-3-2-4-13/h11-13,17H,2-10H2,1H3,(H,18,19). The Morgan fingerprint density at radius 1 is 1.05 bits per heavy atom. The van der Waals surface area contributed by atoms with Crippen LogP contribution in [-0.4, -0.2) is 24.0 Å². The lowest BCUT2D eigenvalue weighted by molar-refractivity contribution is -0.134. The molecule has 2 N–H and O–H groups in total. The third-order valence-electron chi connectivity index (χ3n) is 6.46. The first kappa shape index (κ1) is 12.2. The predicted molar refractivity (Wildman–Crippen MR) is 74.7 cm³/mol. The maximum Gasteiger partial charge on any atom is 0.223 e. The van der Waals surface area contributed by atoms with Crippen molar-refractivity contribution < 1.29 is 4.79 Å². The van der Waals surface area contributed by atoms with Crippen molar-refractivity contribution in [2.75, 3.05) is 7.05 Å². The lowest BCUT2D eigenvalue weighted by atomic mass is 9.50. The molecule has 5 aliphatic carbocycles. The van der Waals surface area contributed by atoms with Crippen molar-refractivity contribution in [3.8, 4) is 0 Å². The summed E-state index contributed by atoms with van der Waals surface area (Å²) in [6.07, 6.45) is 11.2. The zero-order valence-corrected chi connectivity index (χ0v) is 12.0. The average Bonchev–Trinajstić information content (AvgIpc) is 2.23. The summed E-state index contributed by atoms with van der Waals surface area (Å²) in [6.45, 7) is 0. The summed E-state index contributed by atoms with van der Waals surface area (Å²) in [6, 6.07) is 0. The molecule has 19 heavy (non-hydrogen) atoms. The molecule has 0 aliphatic heterocycles. The number of amides is 1. The van der Waals surface area contributed by atoms with Crippen molar-refractivity contribution >= 4 is 5.91 Å². The van der Waals surface area contributed by atoms with E-state index >= 15 is 0 Å². The van der Waals surface area contributed by atoms with Crippen LogP contribution in [0.25, 0.3) is 0 Å². The number of hydrogen-bond donors (Lipinski definition) is 2. The molecule has 0 saturated heterocycles. The first-order valence-electron chi connectivity index (χ1n) is 8.13. The Morgan fingerprint density at radius 3 is 2.21 bits per heavy atom. The highest BCUT2D eigenvalue weighted by molar-refractivity contribution is 5.80. The molecule has 5 saturated carbocycles. The van der Waals surface area contributed by atoms with Crippen LogP contribution in [-0.2, 0) is 4.79 Å². The molecule has 5 rings (SSSR count). The van der Waals surface area contributed by atoms with Crippen LogP contribution in [0.1, 0.15) is 57.8 Å². The van der Waals surface area contributed by atoms with Crippen LogP contribution < -0.4 is 10.6 Å². The molecule has 2 atom stereocenters. The van der Waals surface area contributed by atoms with Crippen LogP contribution in [0.3, 0.4) is 0 Å². The van der Waals surface area contributed by atoms with Crippen LogP contribution in [0.15, 0.2) is 0 Å². The maximum absolute atomic E-state index is 12.4. The molecule has 106 valence electrons. The summed E-state index contributed by atoms with van der Waals surface area (Å²) < 4.78 is 0. The van der Waals surface area contributed by atoms with Gasteiger partial charge in [-0.25, -0.2) is 0 Å². The smallest absolute Gasteiger partial charge is 0.223 e. The monoisotopic (exact) mass is 262 g/mol. The molecule has 3 nitrogen and oxygen atoms in total. The average molecular weight is 262 g/mol. The van der Waals surface area contributed by atoms with Crippen LogP contribution in [0.5, 0.6) is 0 Å². The van der Waals surface area contributed by atoms with Gasteiger partial charge >= 0.3 is 0 Å². The van der Waals surface area contributed by atoms with Gasteiger partial charge in [-0.2, -0.15) is 0 Å². The molecule has 3 heteroatoms. The molecular formula is C16H26N2O. The Labute approximate surface area is 115 Å². The lowest BCUT2D eigenvalue weighted by Gasteiger charge is -2.62. The normalized spacial score (nSPS) is 48.1. The summed E-state index contributed by atoms with van der Waals surface area (Å²) in [5, 5.41) is 7.12. The quantitative estimate of drug-likeness (QED) is 0.819. The van der Waals surface area contributed by atoms with Gasteiger partial charge in [0.15, 0.2) is 0 Å². The second-order valence-electron chi connectivity index (χ2n) is 7.89. The van der Waals surface area contributed by atoms with Gasteiger partial charge in [-0.1, -0.05) is 6.42 Å². The molecule has 0 radical (unpaired) electrons. The molecule has 2 unspecified atom stereocenters. The van der Waals surface area contributed by atoms with Gasteiger partial charge in [0, 0.05) is 17.0 Å². The van der Waals surface area contributed by atoms with Crippen molar-refractivity contribution in [3.63, 3.8) is 0 Å². The number of carbonyl (C=O) groups is 1. The first-order chi connectivity index (χ1) is 9.12. The van der Waals surface area contributed by atoms with Crippen LogP contribution in [0.2, 0.25) is 0 Å². The van der Waals surface area contributed by atoms with Crippen molar-refractivity contribution in [1.82, 2.24) is 10.6 Å². The van der Waals surface area contributed by atoms with Gasteiger partial charge in [0.25, 0.3) is 0 Å². The first-order valence-corrected chi connectivity index (χ1v) is 8.13. The molecule has 5 fully saturated rings. The number of nitrogens with one attached hydrogen (secondary N) is 2. The third kappa shape index (κ3) is 1.84. The van der Waals surface area contributed by atoms with Gasteiger partial charge in [0.2, 0.25) is 5.91 Å². The molecule has 0 aromatic carbocycles. The summed E-state index contributed by atoms with van der Waals surface area (Å²) in [4.78, 5) is 12.4. The zero-order valence-electron chi connectivity index (χ0n) is 12.0. The van der Waals surface area contributed by atoms with E-state index in [1.54, 1.807) is 0 Å². The van der Waals surface area contributed by atoms with Crippen LogP contribution in [0, 0.1) is 17.8 Å². The second kappa shape index (κ2) is 3.97. The topological polar surface area (TPSA) is 41.1 Å². The molecule has 0 aromatic rings. The maximum atomic E-state index is 12.4. The van der Waals surface area contributed by atoms with Crippen molar-refractivity contribution in [2.45, 2.75) is 68.9 Å². The highest BCUT2D eigenvalue weighted by Gasteiger charge is 2.57. The summed E-state index contributed by atoms with van der Waals surface area (Å²) in [5.41, 5.74) is 0.469. The molecule has 1 amide bonds. The molecule has 5 aliphatic rings. The van der Waals surface area contributed by atoms with Crippen molar-refractivity contribution in [1.29, 1.82) is 0 Å². The zero-order chi connectivity index (χ0) is 13.1. The van der Waals surface area contributed by atoms with Gasteiger partial charge in [-0.3, -0.25) is 4.79 Å². The molecule has 0 spiro atoms. The van der Waals surface area contributed by atoms with E-state index in [0.717, 1.165) is 24.7 Å². The van der Waals surface area contributed by atoms with Gasteiger partial charge in [0.1, 0.15) is 0 Å². The number of rotatable bonds is 3. The minimum Gasteiger partial charge on any atom is -0.350 e. The fraction of sp³-hybridized carbons (Fsp3) is 0.938. The molecular weight excluding hydrogens is 236 g/mol. The Bertz CT molecular complexity index is 388. The minimum absolute atomic E-state index is 0.139.